The lowest BCUT2D eigenvalue weighted by Gasteiger charge is -2.34. The van der Waals surface area contributed by atoms with E-state index in [-0.39, 0.29) is 30.8 Å². The van der Waals surface area contributed by atoms with Crippen LogP contribution in [0.2, 0.25) is 0 Å². The van der Waals surface area contributed by atoms with Gasteiger partial charge in [-0.15, -0.1) is 0 Å². The van der Waals surface area contributed by atoms with E-state index >= 15 is 0 Å². The molecule has 2 amide bonds. The van der Waals surface area contributed by atoms with E-state index in [9.17, 15) is 18.8 Å². The number of piperazine rings is 1. The molecule has 1 aliphatic rings. The molecule has 0 aromatic heterocycles. The molecule has 5 rings (SSSR count). The third-order valence-electron chi connectivity index (χ3n) is 6.89. The van der Waals surface area contributed by atoms with Gasteiger partial charge in [0.05, 0.1) is 0 Å². The van der Waals surface area contributed by atoms with Crippen LogP contribution in [0.15, 0.2) is 103 Å². The summed E-state index contributed by atoms with van der Waals surface area (Å²) in [7, 11) is 0. The largest absolute Gasteiger partial charge is 0.484 e. The highest BCUT2D eigenvalue weighted by atomic mass is 19.1. The summed E-state index contributed by atoms with van der Waals surface area (Å²) in [6, 6.07) is 29.5. The van der Waals surface area contributed by atoms with Crippen molar-refractivity contribution in [3.05, 3.63) is 120 Å². The second-order valence-electron chi connectivity index (χ2n) is 9.59. The number of ether oxygens (including phenoxy) is 2. The van der Waals surface area contributed by atoms with Crippen molar-refractivity contribution < 1.29 is 28.2 Å². The first-order valence-electron chi connectivity index (χ1n) is 13.3. The van der Waals surface area contributed by atoms with Gasteiger partial charge in [-0.1, -0.05) is 42.5 Å². The van der Waals surface area contributed by atoms with E-state index in [1.807, 2.05) is 54.6 Å². The zero-order valence-corrected chi connectivity index (χ0v) is 22.4. The van der Waals surface area contributed by atoms with Crippen LogP contribution < -0.4 is 9.47 Å². The molecule has 1 saturated heterocycles. The van der Waals surface area contributed by atoms with E-state index in [1.165, 1.54) is 24.3 Å². The van der Waals surface area contributed by atoms with Crippen LogP contribution in [0.1, 0.15) is 15.9 Å². The summed E-state index contributed by atoms with van der Waals surface area (Å²) in [5.41, 5.74) is 3.00. The van der Waals surface area contributed by atoms with Crippen LogP contribution >= 0.6 is 0 Å². The SMILES string of the molecule is O=C(c1ccc(F)cc1)c1ccc(OCC(=O)N2CCN(C(=O)COc3ccc(-c4ccccc4)cc3)CC2)cc1. The highest BCUT2D eigenvalue weighted by Crippen LogP contribution is 2.22. The molecule has 0 aliphatic carbocycles. The molecule has 0 saturated carbocycles. The predicted molar refractivity (Wildman–Crippen MR) is 152 cm³/mol. The molecule has 0 N–H and O–H groups in total. The van der Waals surface area contributed by atoms with Gasteiger partial charge in [-0.25, -0.2) is 4.39 Å². The van der Waals surface area contributed by atoms with E-state index in [0.29, 0.717) is 48.8 Å². The Kier molecular flexibility index (Phi) is 8.69. The van der Waals surface area contributed by atoms with Gasteiger partial charge in [0.1, 0.15) is 17.3 Å². The first-order valence-corrected chi connectivity index (χ1v) is 13.3. The Morgan fingerprint density at radius 1 is 0.561 bits per heavy atom. The van der Waals surface area contributed by atoms with E-state index in [0.717, 1.165) is 11.1 Å². The number of carbonyl (C=O) groups excluding carboxylic acids is 3. The molecule has 41 heavy (non-hydrogen) atoms. The van der Waals surface area contributed by atoms with Gasteiger partial charge in [0.25, 0.3) is 11.8 Å². The molecule has 0 radical (unpaired) electrons. The summed E-state index contributed by atoms with van der Waals surface area (Å²) in [4.78, 5) is 41.2. The zero-order valence-electron chi connectivity index (χ0n) is 22.4. The number of nitrogens with zero attached hydrogens (tertiary/aromatic N) is 2. The molecular weight excluding hydrogens is 523 g/mol. The molecule has 8 heteroatoms. The monoisotopic (exact) mass is 552 g/mol. The molecule has 1 aliphatic heterocycles. The first kappa shape index (κ1) is 27.6. The van der Waals surface area contributed by atoms with Crippen LogP contribution in [-0.2, 0) is 9.59 Å². The smallest absolute Gasteiger partial charge is 0.260 e. The maximum atomic E-state index is 13.1. The fourth-order valence-electron chi connectivity index (χ4n) is 4.52. The van der Waals surface area contributed by atoms with Crippen LogP contribution in [-0.4, -0.2) is 66.8 Å². The molecule has 4 aromatic carbocycles. The van der Waals surface area contributed by atoms with Crippen LogP contribution in [0.3, 0.4) is 0 Å². The zero-order chi connectivity index (χ0) is 28.6. The molecular formula is C33H29FN2O5. The number of ketones is 1. The molecule has 208 valence electrons. The van der Waals surface area contributed by atoms with Crippen molar-refractivity contribution in [2.45, 2.75) is 0 Å². The summed E-state index contributed by atoms with van der Waals surface area (Å²) < 4.78 is 24.4. The number of carbonyl (C=O) groups is 3. The Morgan fingerprint density at radius 2 is 0.976 bits per heavy atom. The molecule has 4 aromatic rings. The third-order valence-corrected chi connectivity index (χ3v) is 6.89. The van der Waals surface area contributed by atoms with Crippen molar-refractivity contribution in [3.63, 3.8) is 0 Å². The van der Waals surface area contributed by atoms with Gasteiger partial charge in [-0.05, 0) is 71.8 Å². The highest BCUT2D eigenvalue weighted by Gasteiger charge is 2.24. The number of rotatable bonds is 9. The average molecular weight is 553 g/mol. The molecule has 0 spiro atoms. The molecule has 7 nitrogen and oxygen atoms in total. The second kappa shape index (κ2) is 12.9. The minimum Gasteiger partial charge on any atom is -0.484 e. The maximum Gasteiger partial charge on any atom is 0.260 e. The quantitative estimate of drug-likeness (QED) is 0.278. The van der Waals surface area contributed by atoms with Crippen LogP contribution in [0, 0.1) is 5.82 Å². The normalized spacial score (nSPS) is 13.0. The van der Waals surface area contributed by atoms with E-state index in [2.05, 4.69) is 0 Å². The second-order valence-corrected chi connectivity index (χ2v) is 9.59. The molecule has 0 atom stereocenters. The van der Waals surface area contributed by atoms with Gasteiger partial charge >= 0.3 is 0 Å². The molecule has 0 bridgehead atoms. The lowest BCUT2D eigenvalue weighted by Crippen LogP contribution is -2.52. The number of hydrogen-bond acceptors (Lipinski definition) is 5. The lowest BCUT2D eigenvalue weighted by molar-refractivity contribution is -0.141. The van der Waals surface area contributed by atoms with E-state index in [1.54, 1.807) is 34.1 Å². The summed E-state index contributed by atoms with van der Waals surface area (Å²) in [5, 5.41) is 0. The third kappa shape index (κ3) is 7.16. The van der Waals surface area contributed by atoms with Gasteiger partial charge < -0.3 is 19.3 Å². The van der Waals surface area contributed by atoms with Crippen molar-refractivity contribution in [2.75, 3.05) is 39.4 Å². The van der Waals surface area contributed by atoms with Crippen molar-refractivity contribution in [1.82, 2.24) is 9.80 Å². The van der Waals surface area contributed by atoms with Crippen LogP contribution in [0.5, 0.6) is 11.5 Å². The molecule has 1 fully saturated rings. The summed E-state index contributed by atoms with van der Waals surface area (Å²) >= 11 is 0. The van der Waals surface area contributed by atoms with Gasteiger partial charge in [-0.2, -0.15) is 0 Å². The van der Waals surface area contributed by atoms with E-state index in [4.69, 9.17) is 9.47 Å². The lowest BCUT2D eigenvalue weighted by atomic mass is 10.0. The topological polar surface area (TPSA) is 76.2 Å². The Labute approximate surface area is 237 Å². The van der Waals surface area contributed by atoms with Crippen molar-refractivity contribution >= 4 is 17.6 Å². The minimum atomic E-state index is -0.405. The Bertz CT molecular complexity index is 1480. The van der Waals surface area contributed by atoms with Gasteiger partial charge in [-0.3, -0.25) is 14.4 Å². The predicted octanol–water partition coefficient (Wildman–Crippen LogP) is 4.85. The highest BCUT2D eigenvalue weighted by molar-refractivity contribution is 6.09. The fourth-order valence-corrected chi connectivity index (χ4v) is 4.52. The Morgan fingerprint density at radius 3 is 1.46 bits per heavy atom. The standard InChI is InChI=1S/C33H29FN2O5/c34-28-12-6-26(7-13-28)33(39)27-10-16-30(17-11-27)41-23-32(38)36-20-18-35(19-21-36)31(37)22-40-29-14-8-25(9-15-29)24-4-2-1-3-5-24/h1-17H,18-23H2. The first-order chi connectivity index (χ1) is 20.0. The molecule has 1 heterocycles. The van der Waals surface area contributed by atoms with Crippen molar-refractivity contribution in [2.24, 2.45) is 0 Å². The van der Waals surface area contributed by atoms with Crippen molar-refractivity contribution in [1.29, 1.82) is 0 Å². The average Bonchev–Trinajstić information content (AvgIpc) is 3.03. The minimum absolute atomic E-state index is 0.0681. The maximum absolute atomic E-state index is 13.1. The van der Waals surface area contributed by atoms with Crippen LogP contribution in [0.4, 0.5) is 4.39 Å². The fraction of sp³-hybridized carbons (Fsp3) is 0.182. The van der Waals surface area contributed by atoms with Crippen molar-refractivity contribution in [3.8, 4) is 22.6 Å². The summed E-state index contributed by atoms with van der Waals surface area (Å²) in [6.07, 6.45) is 0. The number of benzene rings is 4. The van der Waals surface area contributed by atoms with Crippen LogP contribution in [0.25, 0.3) is 11.1 Å². The Balaban J connectivity index is 1.03. The Hall–Kier alpha value is -4.98. The number of amides is 2. The molecule has 0 unspecified atom stereocenters. The van der Waals surface area contributed by atoms with Gasteiger partial charge in [0, 0.05) is 37.3 Å². The van der Waals surface area contributed by atoms with Gasteiger partial charge in [0.15, 0.2) is 19.0 Å². The number of halogens is 1. The van der Waals surface area contributed by atoms with Gasteiger partial charge in [0.2, 0.25) is 0 Å². The number of hydrogen-bond donors (Lipinski definition) is 0. The summed E-state index contributed by atoms with van der Waals surface area (Å²) in [6.45, 7) is 1.43. The van der Waals surface area contributed by atoms with E-state index < -0.39 is 5.82 Å². The summed E-state index contributed by atoms with van der Waals surface area (Å²) in [5.74, 6) is 0.132.